The Bertz CT molecular complexity index is 1810. The Morgan fingerprint density at radius 3 is 2.69 bits per heavy atom. The number of rotatable bonds is 2. The number of thiol groups is 1. The van der Waals surface area contributed by atoms with Crippen molar-refractivity contribution in [1.82, 2.24) is 39.0 Å². The van der Waals surface area contributed by atoms with Crippen molar-refractivity contribution in [1.29, 1.82) is 0 Å². The van der Waals surface area contributed by atoms with Crippen molar-refractivity contribution in [2.24, 2.45) is 0 Å². The largest absolute Gasteiger partial charge is 0.388 e. The summed E-state index contributed by atoms with van der Waals surface area (Å²) in [5.74, 6) is 0.0698. The lowest BCUT2D eigenvalue weighted by molar-refractivity contribution is -0.0512. The molecule has 6 heterocycles. The number of aromatic amines is 1. The van der Waals surface area contributed by atoms with E-state index in [4.69, 9.17) is 28.6 Å². The molecule has 224 valence electrons. The summed E-state index contributed by atoms with van der Waals surface area (Å²) in [7, 11) is -3.35. The first kappa shape index (κ1) is 28.0. The molecule has 2 unspecified atom stereocenters. The van der Waals surface area contributed by atoms with Gasteiger partial charge in [-0.2, -0.15) is 0 Å². The van der Waals surface area contributed by atoms with Gasteiger partial charge < -0.3 is 34.2 Å². The van der Waals surface area contributed by atoms with E-state index < -0.39 is 76.2 Å². The number of H-pyrrole nitrogens is 1. The Kier molecular flexibility index (Phi) is 6.95. The first-order valence-electron chi connectivity index (χ1n) is 12.4. The Hall–Kier alpha value is -2.80. The lowest BCUT2D eigenvalue weighted by Gasteiger charge is -2.27. The number of alkyl halides is 1. The number of aromatic nitrogens is 8. The maximum absolute atomic E-state index is 15.9. The number of anilines is 1. The predicted octanol–water partition coefficient (Wildman–Crippen LogP) is 0.696. The molecule has 22 heteroatoms. The van der Waals surface area contributed by atoms with E-state index in [1.54, 1.807) is 0 Å². The summed E-state index contributed by atoms with van der Waals surface area (Å²) in [5, 5.41) is 11.1. The van der Waals surface area contributed by atoms with Crippen LogP contribution in [0.25, 0.3) is 22.3 Å². The fourth-order valence-electron chi connectivity index (χ4n) is 5.46. The summed E-state index contributed by atoms with van der Waals surface area (Å²) in [6.07, 6.45) is -5.38. The first-order valence-corrected chi connectivity index (χ1v) is 16.4. The molecule has 2 bridgehead atoms. The topological polar surface area (TPSA) is 234 Å². The fraction of sp³-hybridized carbons (Fsp3) is 0.500. The number of nitrogens with two attached hydrogens (primary N) is 1. The third kappa shape index (κ3) is 4.67. The van der Waals surface area contributed by atoms with Crippen molar-refractivity contribution in [3.8, 4) is 0 Å². The molecule has 3 fully saturated rings. The van der Waals surface area contributed by atoms with E-state index in [1.807, 2.05) is 0 Å². The van der Waals surface area contributed by atoms with Gasteiger partial charge in [0.25, 0.3) is 5.56 Å². The highest BCUT2D eigenvalue weighted by Crippen LogP contribution is 2.60. The third-order valence-electron chi connectivity index (χ3n) is 7.34. The van der Waals surface area contributed by atoms with E-state index in [1.165, 1.54) is 34.4 Å². The van der Waals surface area contributed by atoms with Crippen LogP contribution < -0.4 is 11.3 Å². The van der Waals surface area contributed by atoms with E-state index >= 15 is 4.39 Å². The smallest absolute Gasteiger partial charge is 0.386 e. The van der Waals surface area contributed by atoms with Gasteiger partial charge in [-0.3, -0.25) is 23.0 Å². The van der Waals surface area contributed by atoms with Crippen molar-refractivity contribution >= 4 is 55.4 Å². The number of nitrogens with one attached hydrogen (secondary N) is 1. The van der Waals surface area contributed by atoms with Gasteiger partial charge in [0.15, 0.2) is 35.0 Å². The normalized spacial score (nSPS) is 37.5. The van der Waals surface area contributed by atoms with Gasteiger partial charge in [0.05, 0.1) is 37.7 Å². The Labute approximate surface area is 239 Å². The SMILES string of the molecule is Nc1ncnc2c1ncn2[C@@H]1O[C@@H]2CO[PH](=O)O[C@@H]3[C@H](O)[C@H](C[C@H]3n3cnc4c(=O)[nH]cnc43)OP(=O)(S)O[C@H]2[C@H]1F. The maximum atomic E-state index is 15.9. The minimum atomic E-state index is -4.40. The fourth-order valence-corrected chi connectivity index (χ4v) is 8.20. The van der Waals surface area contributed by atoms with Crippen molar-refractivity contribution in [2.45, 2.75) is 55.4 Å². The molecule has 4 aromatic rings. The van der Waals surface area contributed by atoms with Crippen molar-refractivity contribution < 1.29 is 41.5 Å². The third-order valence-corrected chi connectivity index (χ3v) is 9.82. The van der Waals surface area contributed by atoms with Gasteiger partial charge in [0.2, 0.25) is 0 Å². The summed E-state index contributed by atoms with van der Waals surface area (Å²) < 4.78 is 73.2. The number of fused-ring (bicyclic) bond motifs is 5. The second kappa shape index (κ2) is 10.4. The average molecular weight is 645 g/mol. The van der Waals surface area contributed by atoms with Gasteiger partial charge in [0.1, 0.15) is 36.3 Å². The number of hydrogen-bond acceptors (Lipinski definition) is 15. The van der Waals surface area contributed by atoms with Crippen LogP contribution in [0.2, 0.25) is 0 Å². The van der Waals surface area contributed by atoms with E-state index in [9.17, 15) is 19.0 Å². The van der Waals surface area contributed by atoms with Gasteiger partial charge in [-0.1, -0.05) is 12.2 Å². The lowest BCUT2D eigenvalue weighted by Crippen LogP contribution is -2.36. The zero-order valence-corrected chi connectivity index (χ0v) is 23.8. The number of hydrogen-bond donors (Lipinski definition) is 4. The molecular formula is C20H22FN9O9P2S. The average Bonchev–Trinajstić information content (AvgIpc) is 3.70. The number of ether oxygens (including phenoxy) is 1. The molecule has 3 aliphatic rings. The van der Waals surface area contributed by atoms with Crippen LogP contribution in [0.4, 0.5) is 10.2 Å². The minimum Gasteiger partial charge on any atom is -0.388 e. The molecule has 0 radical (unpaired) electrons. The molecule has 0 spiro atoms. The van der Waals surface area contributed by atoms with Crippen LogP contribution in [0, 0.1) is 0 Å². The van der Waals surface area contributed by atoms with Crippen LogP contribution in [0.15, 0.2) is 30.1 Å². The first-order chi connectivity index (χ1) is 20.1. The molecule has 1 aliphatic carbocycles. The van der Waals surface area contributed by atoms with Gasteiger partial charge in [-0.05, 0) is 0 Å². The number of aliphatic hydroxyl groups excluding tert-OH is 1. The predicted molar refractivity (Wildman–Crippen MR) is 143 cm³/mol. The zero-order valence-electron chi connectivity index (χ0n) is 21.0. The summed E-state index contributed by atoms with van der Waals surface area (Å²) >= 11 is 4.05. The second-order valence-corrected chi connectivity index (χ2v) is 13.6. The number of nitrogen functional groups attached to an aromatic ring is 1. The summed E-state index contributed by atoms with van der Waals surface area (Å²) in [4.78, 5) is 34.8. The Morgan fingerprint density at radius 2 is 1.86 bits per heavy atom. The zero-order chi connectivity index (χ0) is 29.3. The van der Waals surface area contributed by atoms with Crippen molar-refractivity contribution in [2.75, 3.05) is 12.3 Å². The highest BCUT2D eigenvalue weighted by molar-refractivity contribution is 8.44. The molecular weight excluding hydrogens is 623 g/mol. The van der Waals surface area contributed by atoms with Crippen LogP contribution in [0.3, 0.4) is 0 Å². The van der Waals surface area contributed by atoms with Gasteiger partial charge in [-0.25, -0.2) is 33.9 Å². The highest BCUT2D eigenvalue weighted by atomic mass is 32.7. The van der Waals surface area contributed by atoms with Crippen LogP contribution in [0.1, 0.15) is 18.7 Å². The monoisotopic (exact) mass is 645 g/mol. The molecule has 4 N–H and O–H groups in total. The van der Waals surface area contributed by atoms with E-state index in [0.29, 0.717) is 0 Å². The molecule has 7 rings (SSSR count). The van der Waals surface area contributed by atoms with Gasteiger partial charge in [-0.15, -0.1) is 0 Å². The standard InChI is InChI=1S/C20H22FN9O9P2S/c21-10-15-9(36-20(10)30-6-27-11-16(22)23-3-24-17(11)30)2-35-40(33)37-14-7(1-8(13(14)31)38-41(34,42)39-15)29-5-28-12-18(29)25-4-26-19(12)32/h3-10,13-15,20,31,40H,1-2H2,(H,34,42)(H2,22,23,24)(H,25,26,32)/t7-,8+,9-,10-,13-,14+,15-,20-,41?/m1/s1. The lowest BCUT2D eigenvalue weighted by atomic mass is 10.1. The van der Waals surface area contributed by atoms with Crippen LogP contribution in [-0.2, 0) is 32.0 Å². The molecule has 18 nitrogen and oxygen atoms in total. The minimum absolute atomic E-state index is 0.0217. The molecule has 0 amide bonds. The molecule has 10 atom stereocenters. The number of aliphatic hydroxyl groups is 1. The van der Waals surface area contributed by atoms with E-state index in [-0.39, 0.29) is 34.6 Å². The Morgan fingerprint density at radius 1 is 1.10 bits per heavy atom. The quantitative estimate of drug-likeness (QED) is 0.173. The summed E-state index contributed by atoms with van der Waals surface area (Å²) in [5.41, 5.74) is 5.90. The Balaban J connectivity index is 1.19. The van der Waals surface area contributed by atoms with Crippen LogP contribution in [0.5, 0.6) is 0 Å². The molecule has 42 heavy (non-hydrogen) atoms. The summed E-state index contributed by atoms with van der Waals surface area (Å²) in [6, 6.07) is -0.839. The number of halogens is 1. The highest BCUT2D eigenvalue weighted by Gasteiger charge is 2.54. The molecule has 1 saturated carbocycles. The van der Waals surface area contributed by atoms with Gasteiger partial charge in [0, 0.05) is 6.42 Å². The molecule has 2 aliphatic heterocycles. The van der Waals surface area contributed by atoms with E-state index in [0.717, 1.165) is 0 Å². The summed E-state index contributed by atoms with van der Waals surface area (Å²) in [6.45, 7) is -4.91. The molecule has 0 aromatic carbocycles. The van der Waals surface area contributed by atoms with E-state index in [2.05, 4.69) is 42.2 Å². The molecule has 2 saturated heterocycles. The number of nitrogens with zero attached hydrogens (tertiary/aromatic N) is 7. The maximum Gasteiger partial charge on any atom is 0.386 e. The van der Waals surface area contributed by atoms with Gasteiger partial charge >= 0.3 is 15.1 Å². The molecule has 4 aromatic heterocycles. The van der Waals surface area contributed by atoms with Crippen LogP contribution >= 0.6 is 27.3 Å². The second-order valence-electron chi connectivity index (χ2n) is 9.77. The number of imidazole rings is 2. The van der Waals surface area contributed by atoms with Crippen molar-refractivity contribution in [3.63, 3.8) is 0 Å². The van der Waals surface area contributed by atoms with Crippen molar-refractivity contribution in [3.05, 3.63) is 35.7 Å². The van der Waals surface area contributed by atoms with Crippen LogP contribution in [-0.4, -0.2) is 87.4 Å².